The molecule has 202 valence electrons. The zero-order chi connectivity index (χ0) is 27.1. The van der Waals surface area contributed by atoms with Crippen LogP contribution in [0.2, 0.25) is 5.02 Å². The Morgan fingerprint density at radius 1 is 0.919 bits per heavy atom. The van der Waals surface area contributed by atoms with Crippen LogP contribution in [-0.2, 0) is 6.54 Å². The molecule has 37 heavy (non-hydrogen) atoms. The van der Waals surface area contributed by atoms with E-state index in [0.29, 0.717) is 0 Å². The van der Waals surface area contributed by atoms with E-state index in [1.165, 1.54) is 55.4 Å². The molecule has 0 fully saturated rings. The minimum Gasteiger partial charge on any atom is -0.340 e. The maximum atomic E-state index is 6.37. The molecule has 0 saturated carbocycles. The van der Waals surface area contributed by atoms with Gasteiger partial charge in [0.05, 0.1) is 53.6 Å². The van der Waals surface area contributed by atoms with Crippen molar-refractivity contribution in [2.24, 2.45) is 0 Å². The largest absolute Gasteiger partial charge is 0.340 e. The van der Waals surface area contributed by atoms with Gasteiger partial charge in [0.1, 0.15) is 6.54 Å². The summed E-state index contributed by atoms with van der Waals surface area (Å²) in [6, 6.07) is 18.8. The Morgan fingerprint density at radius 3 is 2.32 bits per heavy atom. The average Bonchev–Trinajstić information content (AvgIpc) is 2.89. The third-order valence-corrected chi connectivity index (χ3v) is 7.79. The van der Waals surface area contributed by atoms with Gasteiger partial charge in [0.2, 0.25) is 5.69 Å². The third-order valence-electron chi connectivity index (χ3n) is 6.54. The fourth-order valence-electron chi connectivity index (χ4n) is 4.20. The number of nitrogens with zero attached hydrogens (tertiary/aromatic N) is 2. The summed E-state index contributed by atoms with van der Waals surface area (Å²) < 4.78 is 3.40. The molecule has 0 unspecified atom stereocenters. The van der Waals surface area contributed by atoms with Crippen LogP contribution in [0.4, 0.5) is 0 Å². The van der Waals surface area contributed by atoms with Gasteiger partial charge >= 0.3 is 0 Å². The van der Waals surface area contributed by atoms with E-state index in [4.69, 9.17) is 11.6 Å². The quantitative estimate of drug-likeness (QED) is 0.0817. The summed E-state index contributed by atoms with van der Waals surface area (Å²) in [5.41, 5.74) is 2.41. The standard InChI is InChI=1S/C25H30ClN2S2.C6H15N/c1-28(2,19-20-30-29)18-8-7-17-27-16-6-5-9-22(27)14-12-21-13-15-25(26)24-11-4-3-10-23(21)24;1-4-5-6-7(2)3/h3-6,9-16H,7-8,17-20H2,1-2H3;4-6H2,1-3H3/q+1;/p+2/b14-12+;. The molecule has 0 aliphatic rings. The van der Waals surface area contributed by atoms with Crippen LogP contribution in [-0.4, -0.2) is 58.1 Å². The minimum atomic E-state index is 0.798. The molecule has 3 nitrogen and oxygen atoms in total. The summed E-state index contributed by atoms with van der Waals surface area (Å²) in [6.45, 7) is 6.93. The third kappa shape index (κ3) is 11.8. The van der Waals surface area contributed by atoms with Gasteiger partial charge in [0.25, 0.3) is 0 Å². The van der Waals surface area contributed by atoms with Gasteiger partial charge in [-0.15, -0.1) is 11.7 Å². The van der Waals surface area contributed by atoms with E-state index in [9.17, 15) is 0 Å². The van der Waals surface area contributed by atoms with E-state index in [0.717, 1.165) is 33.7 Å². The lowest BCUT2D eigenvalue weighted by Crippen LogP contribution is -3.05. The molecule has 3 aromatic rings. The molecule has 3 rings (SSSR count). The van der Waals surface area contributed by atoms with Crippen LogP contribution in [0.1, 0.15) is 43.9 Å². The van der Waals surface area contributed by atoms with Crippen molar-refractivity contribution in [2.45, 2.75) is 39.2 Å². The molecule has 1 aromatic heterocycles. The Hall–Kier alpha value is -1.50. The molecule has 6 heteroatoms. The summed E-state index contributed by atoms with van der Waals surface area (Å²) in [4.78, 5) is 1.56. The van der Waals surface area contributed by atoms with Gasteiger partial charge in [-0.25, -0.2) is 0 Å². The number of unbranched alkanes of at least 4 members (excludes halogenated alkanes) is 2. The fourth-order valence-corrected chi connectivity index (χ4v) is 5.25. The van der Waals surface area contributed by atoms with E-state index in [2.05, 4.69) is 112 Å². The fraction of sp³-hybridized carbons (Fsp3) is 0.452. The molecule has 1 heterocycles. The van der Waals surface area contributed by atoms with Gasteiger partial charge in [0.15, 0.2) is 6.20 Å². The molecular weight excluding hydrogens is 514 g/mol. The molecular formula is C31H47ClN3S2+3. The first kappa shape index (κ1) is 31.7. The van der Waals surface area contributed by atoms with Crippen LogP contribution < -0.4 is 9.47 Å². The summed E-state index contributed by atoms with van der Waals surface area (Å²) in [6.07, 6.45) is 11.7. The number of halogens is 1. The van der Waals surface area contributed by atoms with Crippen molar-refractivity contribution < 1.29 is 14.0 Å². The molecule has 2 aromatic carbocycles. The van der Waals surface area contributed by atoms with E-state index >= 15 is 0 Å². The zero-order valence-electron chi connectivity index (χ0n) is 23.4. The van der Waals surface area contributed by atoms with Crippen LogP contribution >= 0.6 is 34.1 Å². The number of benzene rings is 2. The van der Waals surface area contributed by atoms with Crippen molar-refractivity contribution in [3.63, 3.8) is 0 Å². The molecule has 0 spiro atoms. The van der Waals surface area contributed by atoms with E-state index in [-0.39, 0.29) is 0 Å². The number of aromatic nitrogens is 1. The topological polar surface area (TPSA) is 8.32 Å². The Balaban J connectivity index is 0.000000604. The van der Waals surface area contributed by atoms with Crippen molar-refractivity contribution in [1.29, 1.82) is 0 Å². The van der Waals surface area contributed by atoms with Gasteiger partial charge in [-0.3, -0.25) is 0 Å². The van der Waals surface area contributed by atoms with Gasteiger partial charge in [-0.1, -0.05) is 66.1 Å². The van der Waals surface area contributed by atoms with Crippen LogP contribution in [0.5, 0.6) is 0 Å². The lowest BCUT2D eigenvalue weighted by molar-refractivity contribution is -0.888. The maximum absolute atomic E-state index is 6.37. The normalized spacial score (nSPS) is 11.8. The predicted octanol–water partition coefficient (Wildman–Crippen LogP) is 6.32. The lowest BCUT2D eigenvalue weighted by atomic mass is 10.0. The second-order valence-corrected chi connectivity index (χ2v) is 12.4. The lowest BCUT2D eigenvalue weighted by Gasteiger charge is -2.29. The highest BCUT2D eigenvalue weighted by Gasteiger charge is 2.15. The molecule has 0 bridgehead atoms. The average molecular weight is 561 g/mol. The first-order chi connectivity index (χ1) is 17.8. The van der Waals surface area contributed by atoms with Crippen molar-refractivity contribution in [3.05, 3.63) is 77.1 Å². The van der Waals surface area contributed by atoms with Gasteiger partial charge in [-0.2, -0.15) is 4.57 Å². The van der Waals surface area contributed by atoms with Crippen LogP contribution in [0.3, 0.4) is 0 Å². The second-order valence-electron chi connectivity index (χ2n) is 10.6. The highest BCUT2D eigenvalue weighted by molar-refractivity contribution is 8.68. The van der Waals surface area contributed by atoms with E-state index in [1.54, 1.807) is 15.7 Å². The molecule has 0 aliphatic heterocycles. The maximum Gasteiger partial charge on any atom is 0.205 e. The summed E-state index contributed by atoms with van der Waals surface area (Å²) in [5.74, 6) is 1.10. The SMILES string of the molecule is CCCC[NH+](C)C.C[N+](C)(CCCC[n+]1ccccc1/C=C/c1ccc(Cl)c2ccccc12)CCSS. The number of nitrogens with one attached hydrogen (secondary N) is 1. The van der Waals surface area contributed by atoms with Crippen molar-refractivity contribution in [1.82, 2.24) is 0 Å². The van der Waals surface area contributed by atoms with Crippen molar-refractivity contribution >= 4 is 57.0 Å². The molecule has 0 radical (unpaired) electrons. The Bertz CT molecular complexity index is 1100. The number of fused-ring (bicyclic) bond motifs is 1. The van der Waals surface area contributed by atoms with E-state index < -0.39 is 0 Å². The van der Waals surface area contributed by atoms with Crippen molar-refractivity contribution in [3.8, 4) is 0 Å². The summed E-state index contributed by atoms with van der Waals surface area (Å²) in [5, 5.41) is 3.08. The minimum absolute atomic E-state index is 0.798. The Labute approximate surface area is 239 Å². The first-order valence-corrected chi connectivity index (χ1v) is 15.9. The number of rotatable bonds is 13. The summed E-state index contributed by atoms with van der Waals surface area (Å²) >= 11 is 10.6. The molecule has 1 N–H and O–H groups in total. The van der Waals surface area contributed by atoms with Crippen LogP contribution in [0, 0.1) is 0 Å². The summed E-state index contributed by atoms with van der Waals surface area (Å²) in [7, 11) is 10.6. The number of aryl methyl sites for hydroxylation is 1. The number of pyridine rings is 1. The number of hydrogen-bond acceptors (Lipinski definition) is 2. The molecule has 0 amide bonds. The highest BCUT2D eigenvalue weighted by Crippen LogP contribution is 2.27. The number of thiol groups is 1. The van der Waals surface area contributed by atoms with E-state index in [1.807, 2.05) is 12.1 Å². The number of quaternary nitrogens is 2. The number of hydrogen-bond donors (Lipinski definition) is 2. The predicted molar refractivity (Wildman–Crippen MR) is 170 cm³/mol. The molecule has 0 aliphatic carbocycles. The van der Waals surface area contributed by atoms with Crippen molar-refractivity contribution in [2.75, 3.05) is 53.6 Å². The van der Waals surface area contributed by atoms with Crippen LogP contribution in [0.15, 0.2) is 60.8 Å². The molecule has 0 saturated heterocycles. The first-order valence-electron chi connectivity index (χ1n) is 13.5. The zero-order valence-corrected chi connectivity index (χ0v) is 25.9. The monoisotopic (exact) mass is 560 g/mol. The Morgan fingerprint density at radius 2 is 1.65 bits per heavy atom. The smallest absolute Gasteiger partial charge is 0.205 e. The second kappa shape index (κ2) is 17.2. The van der Waals surface area contributed by atoms with Crippen LogP contribution in [0.25, 0.3) is 22.9 Å². The highest BCUT2D eigenvalue weighted by atomic mass is 35.5. The molecule has 0 atom stereocenters. The van der Waals surface area contributed by atoms with Gasteiger partial charge < -0.3 is 9.38 Å². The van der Waals surface area contributed by atoms with Gasteiger partial charge in [0, 0.05) is 41.5 Å². The Kier molecular flexibility index (Phi) is 14.7. The van der Waals surface area contributed by atoms with Gasteiger partial charge in [-0.05, 0) is 35.6 Å².